The molecule has 0 fully saturated rings. The molecule has 8 heteroatoms. The van der Waals surface area contributed by atoms with Crippen LogP contribution < -0.4 is 14.4 Å². The number of hydrogen-bond donors (Lipinski definition) is 1. The highest BCUT2D eigenvalue weighted by Crippen LogP contribution is 2.32. The van der Waals surface area contributed by atoms with Crippen molar-refractivity contribution in [1.82, 2.24) is 0 Å². The van der Waals surface area contributed by atoms with Crippen molar-refractivity contribution in [2.75, 3.05) is 23.3 Å². The van der Waals surface area contributed by atoms with Crippen molar-refractivity contribution < 1.29 is 17.9 Å². The molecule has 0 saturated carbocycles. The number of aryl methyl sites for hydroxylation is 1. The third-order valence-electron chi connectivity index (χ3n) is 4.51. The topological polar surface area (TPSA) is 75.7 Å². The van der Waals surface area contributed by atoms with Gasteiger partial charge in [0.1, 0.15) is 5.75 Å². The van der Waals surface area contributed by atoms with Crippen molar-refractivity contribution in [3.63, 3.8) is 0 Å². The monoisotopic (exact) mass is 422 g/mol. The van der Waals surface area contributed by atoms with Crippen LogP contribution in [0.5, 0.6) is 5.75 Å². The molecular formula is C20H23ClN2O4S. The van der Waals surface area contributed by atoms with Crippen LogP contribution in [0.4, 0.5) is 11.4 Å². The number of ether oxygens (including phenoxy) is 1. The summed E-state index contributed by atoms with van der Waals surface area (Å²) in [5, 5.41) is 0.221. The predicted octanol–water partition coefficient (Wildman–Crippen LogP) is 4.08. The summed E-state index contributed by atoms with van der Waals surface area (Å²) in [6.07, 6.45) is 1.01. The van der Waals surface area contributed by atoms with E-state index < -0.39 is 10.0 Å². The second kappa shape index (κ2) is 8.01. The van der Waals surface area contributed by atoms with E-state index in [0.29, 0.717) is 36.7 Å². The largest absolute Gasteiger partial charge is 0.495 e. The Morgan fingerprint density at radius 2 is 1.93 bits per heavy atom. The van der Waals surface area contributed by atoms with E-state index >= 15 is 0 Å². The molecule has 0 atom stereocenters. The lowest BCUT2D eigenvalue weighted by Gasteiger charge is -2.31. The Labute approximate surface area is 170 Å². The van der Waals surface area contributed by atoms with Gasteiger partial charge in [-0.3, -0.25) is 9.52 Å². The Kier molecular flexibility index (Phi) is 5.86. The van der Waals surface area contributed by atoms with E-state index in [1.165, 1.54) is 25.3 Å². The first-order chi connectivity index (χ1) is 13.2. The van der Waals surface area contributed by atoms with Crippen LogP contribution in [0, 0.1) is 5.92 Å². The third-order valence-corrected chi connectivity index (χ3v) is 6.19. The zero-order valence-corrected chi connectivity index (χ0v) is 17.6. The van der Waals surface area contributed by atoms with Crippen molar-refractivity contribution >= 4 is 38.9 Å². The second-order valence-corrected chi connectivity index (χ2v) is 9.23. The first-order valence-electron chi connectivity index (χ1n) is 9.01. The molecule has 2 aromatic carbocycles. The standard InChI is InChI=1S/C20H23ClN2O4S/c1-13(2)12-23-18-7-5-15(10-14(18)4-9-20(23)24)22-28(25,26)16-6-8-19(27-3)17(21)11-16/h5-8,10-11,13,22H,4,9,12H2,1-3H3. The summed E-state index contributed by atoms with van der Waals surface area (Å²) in [7, 11) is -2.33. The number of benzene rings is 2. The number of hydrogen-bond acceptors (Lipinski definition) is 4. The van der Waals surface area contributed by atoms with Crippen molar-refractivity contribution in [2.45, 2.75) is 31.6 Å². The van der Waals surface area contributed by atoms with Crippen molar-refractivity contribution in [1.29, 1.82) is 0 Å². The Bertz CT molecular complexity index is 1010. The van der Waals surface area contributed by atoms with Crippen LogP contribution in [0.1, 0.15) is 25.8 Å². The molecule has 1 aliphatic heterocycles. The van der Waals surface area contributed by atoms with Gasteiger partial charge in [0.25, 0.3) is 10.0 Å². The first-order valence-corrected chi connectivity index (χ1v) is 10.9. The summed E-state index contributed by atoms with van der Waals surface area (Å²) in [5.41, 5.74) is 2.25. The molecule has 1 heterocycles. The molecule has 0 unspecified atom stereocenters. The van der Waals surface area contributed by atoms with E-state index in [1.807, 2.05) is 0 Å². The Morgan fingerprint density at radius 1 is 1.18 bits per heavy atom. The van der Waals surface area contributed by atoms with Crippen LogP contribution in [-0.2, 0) is 21.2 Å². The van der Waals surface area contributed by atoms with Crippen molar-refractivity contribution in [3.05, 3.63) is 47.0 Å². The van der Waals surface area contributed by atoms with Crippen molar-refractivity contribution in [2.24, 2.45) is 5.92 Å². The van der Waals surface area contributed by atoms with Crippen LogP contribution in [0.25, 0.3) is 0 Å². The summed E-state index contributed by atoms with van der Waals surface area (Å²) >= 11 is 6.05. The Balaban J connectivity index is 1.87. The molecule has 3 rings (SSSR count). The van der Waals surface area contributed by atoms with Gasteiger partial charge in [-0.15, -0.1) is 0 Å². The van der Waals surface area contributed by atoms with Crippen LogP contribution in [0.15, 0.2) is 41.3 Å². The number of fused-ring (bicyclic) bond motifs is 1. The van der Waals surface area contributed by atoms with E-state index in [4.69, 9.17) is 16.3 Å². The molecule has 0 spiro atoms. The number of amides is 1. The number of anilines is 2. The van der Waals surface area contributed by atoms with E-state index in [9.17, 15) is 13.2 Å². The normalized spacial score (nSPS) is 14.2. The van der Waals surface area contributed by atoms with Gasteiger partial charge in [-0.25, -0.2) is 8.42 Å². The van der Waals surface area contributed by atoms with Crippen LogP contribution in [0.3, 0.4) is 0 Å². The number of nitrogens with one attached hydrogen (secondary N) is 1. The zero-order valence-electron chi connectivity index (χ0n) is 16.0. The summed E-state index contributed by atoms with van der Waals surface area (Å²) in [5.74, 6) is 0.847. The summed E-state index contributed by atoms with van der Waals surface area (Å²) in [6, 6.07) is 9.57. The fourth-order valence-corrected chi connectivity index (χ4v) is 4.61. The molecule has 6 nitrogen and oxygen atoms in total. The fourth-order valence-electron chi connectivity index (χ4n) is 3.22. The van der Waals surface area contributed by atoms with E-state index in [1.54, 1.807) is 23.1 Å². The lowest BCUT2D eigenvalue weighted by atomic mass is 9.99. The molecule has 1 aliphatic rings. The van der Waals surface area contributed by atoms with Crippen LogP contribution in [0.2, 0.25) is 5.02 Å². The summed E-state index contributed by atoms with van der Waals surface area (Å²) in [4.78, 5) is 14.1. The van der Waals surface area contributed by atoms with E-state index in [-0.39, 0.29) is 15.8 Å². The third kappa shape index (κ3) is 4.25. The van der Waals surface area contributed by atoms with Crippen molar-refractivity contribution in [3.8, 4) is 5.75 Å². The van der Waals surface area contributed by atoms with Gasteiger partial charge in [0.15, 0.2) is 0 Å². The smallest absolute Gasteiger partial charge is 0.261 e. The Morgan fingerprint density at radius 3 is 2.57 bits per heavy atom. The highest BCUT2D eigenvalue weighted by molar-refractivity contribution is 7.92. The lowest BCUT2D eigenvalue weighted by molar-refractivity contribution is -0.119. The molecule has 0 aromatic heterocycles. The Hall–Kier alpha value is -2.25. The fraction of sp³-hybridized carbons (Fsp3) is 0.350. The van der Waals surface area contributed by atoms with Gasteiger partial charge in [-0.05, 0) is 54.3 Å². The van der Waals surface area contributed by atoms with Gasteiger partial charge in [0, 0.05) is 24.3 Å². The number of carbonyl (C=O) groups is 1. The molecular weight excluding hydrogens is 400 g/mol. The maximum Gasteiger partial charge on any atom is 0.261 e. The van der Waals surface area contributed by atoms with Gasteiger partial charge >= 0.3 is 0 Å². The maximum absolute atomic E-state index is 12.7. The van der Waals surface area contributed by atoms with E-state index in [2.05, 4.69) is 18.6 Å². The van der Waals surface area contributed by atoms with Crippen LogP contribution in [-0.4, -0.2) is 28.0 Å². The molecule has 150 valence electrons. The minimum atomic E-state index is -3.80. The highest BCUT2D eigenvalue weighted by Gasteiger charge is 2.25. The number of halogens is 1. The van der Waals surface area contributed by atoms with Gasteiger partial charge in [0.05, 0.1) is 17.0 Å². The minimum absolute atomic E-state index is 0.0487. The number of rotatable bonds is 6. The van der Waals surface area contributed by atoms with E-state index in [0.717, 1.165) is 11.3 Å². The molecule has 2 aromatic rings. The maximum atomic E-state index is 12.7. The molecule has 1 amide bonds. The molecule has 28 heavy (non-hydrogen) atoms. The minimum Gasteiger partial charge on any atom is -0.495 e. The SMILES string of the molecule is COc1ccc(S(=O)(=O)Nc2ccc3c(c2)CCC(=O)N3CC(C)C)cc1Cl. The van der Waals surface area contributed by atoms with Gasteiger partial charge in [-0.2, -0.15) is 0 Å². The molecule has 0 radical (unpaired) electrons. The molecule has 0 saturated heterocycles. The second-order valence-electron chi connectivity index (χ2n) is 7.14. The number of nitrogens with zero attached hydrogens (tertiary/aromatic N) is 1. The average Bonchev–Trinajstić information content (AvgIpc) is 2.63. The van der Waals surface area contributed by atoms with Gasteiger partial charge in [-0.1, -0.05) is 25.4 Å². The highest BCUT2D eigenvalue weighted by atomic mass is 35.5. The molecule has 0 aliphatic carbocycles. The average molecular weight is 423 g/mol. The molecule has 1 N–H and O–H groups in total. The summed E-state index contributed by atoms with van der Waals surface area (Å²) < 4.78 is 33.1. The first kappa shape index (κ1) is 20.5. The number of methoxy groups -OCH3 is 1. The van der Waals surface area contributed by atoms with Gasteiger partial charge < -0.3 is 9.64 Å². The zero-order chi connectivity index (χ0) is 20.5. The summed E-state index contributed by atoms with van der Waals surface area (Å²) in [6.45, 7) is 4.76. The quantitative estimate of drug-likeness (QED) is 0.760. The van der Waals surface area contributed by atoms with Crippen LogP contribution >= 0.6 is 11.6 Å². The predicted molar refractivity (Wildman–Crippen MR) is 111 cm³/mol. The lowest BCUT2D eigenvalue weighted by Crippen LogP contribution is -2.37. The number of carbonyl (C=O) groups excluding carboxylic acids is 1. The number of sulfonamides is 1. The van der Waals surface area contributed by atoms with Gasteiger partial charge in [0.2, 0.25) is 5.91 Å². The molecule has 0 bridgehead atoms.